The molecule has 5 nitrogen and oxygen atoms in total. The van der Waals surface area contributed by atoms with Gasteiger partial charge in [-0.15, -0.1) is 0 Å². The number of fused-ring (bicyclic) bond motifs is 1. The highest BCUT2D eigenvalue weighted by Crippen LogP contribution is 2.39. The van der Waals surface area contributed by atoms with E-state index in [4.69, 9.17) is 5.73 Å². The van der Waals surface area contributed by atoms with E-state index in [2.05, 4.69) is 10.3 Å². The number of aromatic nitrogens is 1. The van der Waals surface area contributed by atoms with E-state index >= 15 is 0 Å². The van der Waals surface area contributed by atoms with Gasteiger partial charge in [-0.25, -0.2) is 4.98 Å². The second-order valence-electron chi connectivity index (χ2n) is 3.97. The van der Waals surface area contributed by atoms with E-state index in [9.17, 15) is 9.59 Å². The smallest absolute Gasteiger partial charge is 0.260 e. The van der Waals surface area contributed by atoms with Crippen molar-refractivity contribution in [2.75, 3.05) is 5.32 Å². The summed E-state index contributed by atoms with van der Waals surface area (Å²) >= 11 is 2.56. The van der Waals surface area contributed by atoms with Gasteiger partial charge < -0.3 is 11.1 Å². The first-order valence-electron chi connectivity index (χ1n) is 5.69. The zero-order chi connectivity index (χ0) is 14.1. The maximum absolute atomic E-state index is 12.1. The molecule has 0 saturated heterocycles. The van der Waals surface area contributed by atoms with Crippen LogP contribution in [0.5, 0.6) is 0 Å². The number of nitrogens with two attached hydrogens (primary N) is 1. The maximum atomic E-state index is 12.1. The van der Waals surface area contributed by atoms with E-state index in [1.165, 1.54) is 18.0 Å². The Morgan fingerprint density at radius 1 is 1.35 bits per heavy atom. The Labute approximate surface area is 122 Å². The minimum atomic E-state index is -0.512. The quantitative estimate of drug-likeness (QED) is 0.851. The Morgan fingerprint density at radius 2 is 2.15 bits per heavy atom. The molecule has 0 radical (unpaired) electrons. The molecule has 7 heteroatoms. The van der Waals surface area contributed by atoms with Crippen molar-refractivity contribution in [1.29, 1.82) is 0 Å². The number of thiazole rings is 1. The Bertz CT molecular complexity index is 737. The standard InChI is InChI=1S/C13H9N3O2S2/c14-12(18)10-6-16-13(20-10)15-5-9-11(17)7-3-1-2-4-8(7)19-9/h1-6H,(H2,14,18)(H,15,16)/b9-5-. The number of anilines is 1. The van der Waals surface area contributed by atoms with Crippen LogP contribution < -0.4 is 11.1 Å². The molecule has 20 heavy (non-hydrogen) atoms. The van der Waals surface area contributed by atoms with Crippen LogP contribution in [-0.2, 0) is 0 Å². The van der Waals surface area contributed by atoms with E-state index in [1.807, 2.05) is 18.2 Å². The summed E-state index contributed by atoms with van der Waals surface area (Å²) in [6.07, 6.45) is 3.02. The van der Waals surface area contributed by atoms with Crippen molar-refractivity contribution in [3.63, 3.8) is 0 Å². The number of ketones is 1. The molecule has 0 unspecified atom stereocenters. The van der Waals surface area contributed by atoms with Gasteiger partial charge in [0, 0.05) is 16.7 Å². The van der Waals surface area contributed by atoms with Crippen LogP contribution in [0.4, 0.5) is 5.13 Å². The second-order valence-corrected chi connectivity index (χ2v) is 6.09. The van der Waals surface area contributed by atoms with Crippen molar-refractivity contribution in [1.82, 2.24) is 4.98 Å². The molecule has 100 valence electrons. The fourth-order valence-corrected chi connectivity index (χ4v) is 3.33. The molecule has 2 heterocycles. The summed E-state index contributed by atoms with van der Waals surface area (Å²) in [5.41, 5.74) is 5.87. The number of Topliss-reactive ketones (excluding diaryl/α,β-unsaturated/α-hetero) is 1. The highest BCUT2D eigenvalue weighted by atomic mass is 32.2. The SMILES string of the molecule is NC(=O)c1cnc(N/C=C2\Sc3ccccc3C2=O)s1. The van der Waals surface area contributed by atoms with Crippen LogP contribution in [0.1, 0.15) is 20.0 Å². The lowest BCUT2D eigenvalue weighted by Gasteiger charge is -1.96. The van der Waals surface area contributed by atoms with Gasteiger partial charge in [-0.2, -0.15) is 0 Å². The molecule has 1 amide bonds. The third kappa shape index (κ3) is 2.33. The van der Waals surface area contributed by atoms with Gasteiger partial charge in [-0.3, -0.25) is 9.59 Å². The highest BCUT2D eigenvalue weighted by Gasteiger charge is 2.25. The first-order valence-corrected chi connectivity index (χ1v) is 7.32. The lowest BCUT2D eigenvalue weighted by atomic mass is 10.1. The number of carbonyl (C=O) groups excluding carboxylic acids is 2. The van der Waals surface area contributed by atoms with Crippen molar-refractivity contribution in [3.8, 4) is 0 Å². The van der Waals surface area contributed by atoms with Crippen molar-refractivity contribution >= 4 is 39.9 Å². The summed E-state index contributed by atoms with van der Waals surface area (Å²) in [5.74, 6) is -0.522. The molecule has 1 aromatic heterocycles. The Kier molecular flexibility index (Phi) is 3.29. The molecule has 0 fully saturated rings. The van der Waals surface area contributed by atoms with E-state index < -0.39 is 5.91 Å². The first-order chi connectivity index (χ1) is 9.65. The van der Waals surface area contributed by atoms with Crippen LogP contribution >= 0.6 is 23.1 Å². The van der Waals surface area contributed by atoms with E-state index in [0.717, 1.165) is 16.2 Å². The van der Waals surface area contributed by atoms with Gasteiger partial charge in [0.05, 0.1) is 11.1 Å². The third-order valence-electron chi connectivity index (χ3n) is 2.65. The highest BCUT2D eigenvalue weighted by molar-refractivity contribution is 8.04. The van der Waals surface area contributed by atoms with Gasteiger partial charge in [0.25, 0.3) is 5.91 Å². The summed E-state index contributed by atoms with van der Waals surface area (Å²) in [6.45, 7) is 0. The predicted molar refractivity (Wildman–Crippen MR) is 79.0 cm³/mol. The fraction of sp³-hybridized carbons (Fsp3) is 0. The molecule has 2 aromatic rings. The zero-order valence-electron chi connectivity index (χ0n) is 10.1. The van der Waals surface area contributed by atoms with Crippen LogP contribution in [0.25, 0.3) is 0 Å². The Morgan fingerprint density at radius 3 is 2.85 bits per heavy atom. The van der Waals surface area contributed by atoms with Gasteiger partial charge >= 0.3 is 0 Å². The molecule has 0 atom stereocenters. The number of primary amides is 1. The van der Waals surface area contributed by atoms with Gasteiger partial charge in [-0.1, -0.05) is 35.2 Å². The topological polar surface area (TPSA) is 85.1 Å². The normalized spacial score (nSPS) is 15.4. The summed E-state index contributed by atoms with van der Waals surface area (Å²) in [7, 11) is 0. The van der Waals surface area contributed by atoms with Crippen LogP contribution in [0.3, 0.4) is 0 Å². The lowest BCUT2D eigenvalue weighted by molar-refractivity contribution is 0.100. The number of allylic oxidation sites excluding steroid dienone is 1. The van der Waals surface area contributed by atoms with Gasteiger partial charge in [0.2, 0.25) is 5.78 Å². The fourth-order valence-electron chi connectivity index (χ4n) is 1.72. The number of rotatable bonds is 3. The van der Waals surface area contributed by atoms with Crippen LogP contribution in [0, 0.1) is 0 Å². The lowest BCUT2D eigenvalue weighted by Crippen LogP contribution is -2.08. The van der Waals surface area contributed by atoms with E-state index in [1.54, 1.807) is 12.3 Å². The first kappa shape index (κ1) is 12.9. The van der Waals surface area contributed by atoms with Crippen molar-refractivity contribution in [2.45, 2.75) is 4.90 Å². The van der Waals surface area contributed by atoms with Gasteiger partial charge in [0.1, 0.15) is 4.88 Å². The average Bonchev–Trinajstić information content (AvgIpc) is 3.03. The molecule has 1 aliphatic rings. The molecular weight excluding hydrogens is 294 g/mol. The van der Waals surface area contributed by atoms with Gasteiger partial charge in [0.15, 0.2) is 5.13 Å². The average molecular weight is 303 g/mol. The summed E-state index contributed by atoms with van der Waals surface area (Å²) in [5, 5.41) is 3.45. The molecule has 0 spiro atoms. The van der Waals surface area contributed by atoms with Crippen molar-refractivity contribution < 1.29 is 9.59 Å². The van der Waals surface area contributed by atoms with Crippen LogP contribution in [-0.4, -0.2) is 16.7 Å². The summed E-state index contributed by atoms with van der Waals surface area (Å²) in [6, 6.07) is 7.45. The minimum Gasteiger partial charge on any atom is -0.365 e. The zero-order valence-corrected chi connectivity index (χ0v) is 11.8. The molecule has 0 aliphatic carbocycles. The summed E-state index contributed by atoms with van der Waals surface area (Å²) in [4.78, 5) is 29.0. The van der Waals surface area contributed by atoms with Gasteiger partial charge in [-0.05, 0) is 12.1 Å². The number of hydrogen-bond acceptors (Lipinski definition) is 6. The van der Waals surface area contributed by atoms with E-state index in [0.29, 0.717) is 20.5 Å². The van der Waals surface area contributed by atoms with Crippen LogP contribution in [0.2, 0.25) is 0 Å². The third-order valence-corrected chi connectivity index (χ3v) is 4.69. The number of hydrogen-bond donors (Lipinski definition) is 2. The van der Waals surface area contributed by atoms with Crippen molar-refractivity contribution in [2.24, 2.45) is 5.73 Å². The molecular formula is C13H9N3O2S2. The molecule has 0 bridgehead atoms. The number of nitrogens with one attached hydrogen (secondary N) is 1. The molecule has 0 saturated carbocycles. The molecule has 3 N–H and O–H groups in total. The number of carbonyl (C=O) groups is 2. The van der Waals surface area contributed by atoms with Crippen molar-refractivity contribution in [3.05, 3.63) is 52.0 Å². The predicted octanol–water partition coefficient (Wildman–Crippen LogP) is 2.48. The second kappa shape index (κ2) is 5.10. The number of thioether (sulfide) groups is 1. The maximum Gasteiger partial charge on any atom is 0.260 e. The molecule has 1 aromatic carbocycles. The van der Waals surface area contributed by atoms with Crippen LogP contribution in [0.15, 0.2) is 46.5 Å². The van der Waals surface area contributed by atoms with E-state index in [-0.39, 0.29) is 5.78 Å². The Balaban J connectivity index is 1.78. The molecule has 3 rings (SSSR count). The largest absolute Gasteiger partial charge is 0.365 e. The monoisotopic (exact) mass is 303 g/mol. The Hall–Kier alpha value is -2.12. The number of benzene rings is 1. The number of nitrogens with zero attached hydrogens (tertiary/aromatic N) is 1. The summed E-state index contributed by atoms with van der Waals surface area (Å²) < 4.78 is 0. The molecule has 1 aliphatic heterocycles. The number of amides is 1. The minimum absolute atomic E-state index is 0.00946.